The van der Waals surface area contributed by atoms with Crippen LogP contribution in [0.3, 0.4) is 0 Å². The van der Waals surface area contributed by atoms with Gasteiger partial charge < -0.3 is 10.1 Å². The number of hydrogen-bond donors (Lipinski definition) is 2. The quantitative estimate of drug-likeness (QED) is 0.449. The molecule has 0 bridgehead atoms. The van der Waals surface area contributed by atoms with Crippen molar-refractivity contribution in [1.82, 2.24) is 9.88 Å². The Kier molecular flexibility index (Phi) is 4.58. The molecular formula is C28H27FN2O. The summed E-state index contributed by atoms with van der Waals surface area (Å²) in [6.07, 6.45) is 2.71. The second kappa shape index (κ2) is 7.49. The van der Waals surface area contributed by atoms with Crippen molar-refractivity contribution in [3.05, 3.63) is 101 Å². The number of likely N-dealkylation sites (tertiary alicyclic amines) is 1. The minimum absolute atomic E-state index is 0.0592. The van der Waals surface area contributed by atoms with E-state index in [0.29, 0.717) is 11.7 Å². The van der Waals surface area contributed by atoms with Crippen molar-refractivity contribution in [1.29, 1.82) is 0 Å². The second-order valence-electron chi connectivity index (χ2n) is 9.50. The van der Waals surface area contributed by atoms with E-state index in [1.165, 1.54) is 11.1 Å². The van der Waals surface area contributed by atoms with Gasteiger partial charge in [0.1, 0.15) is 11.6 Å². The lowest BCUT2D eigenvalue weighted by Gasteiger charge is -2.51. The lowest BCUT2D eigenvalue weighted by atomic mass is 9.58. The summed E-state index contributed by atoms with van der Waals surface area (Å²) in [5.74, 6) is 0.533. The highest BCUT2D eigenvalue weighted by molar-refractivity contribution is 5.85. The first-order valence-electron chi connectivity index (χ1n) is 11.5. The number of phenols is 1. The average molecular weight is 427 g/mol. The van der Waals surface area contributed by atoms with Gasteiger partial charge in [-0.05, 0) is 72.7 Å². The molecule has 2 atom stereocenters. The Morgan fingerprint density at radius 3 is 2.72 bits per heavy atom. The predicted molar refractivity (Wildman–Crippen MR) is 125 cm³/mol. The molecule has 1 saturated heterocycles. The van der Waals surface area contributed by atoms with E-state index in [1.54, 1.807) is 18.2 Å². The molecule has 1 fully saturated rings. The molecule has 1 aliphatic carbocycles. The summed E-state index contributed by atoms with van der Waals surface area (Å²) in [6, 6.07) is 23.7. The molecule has 1 aromatic heterocycles. The summed E-state index contributed by atoms with van der Waals surface area (Å²) in [6.45, 7) is 2.90. The van der Waals surface area contributed by atoms with Crippen molar-refractivity contribution in [2.45, 2.75) is 31.2 Å². The number of H-pyrrole nitrogens is 1. The molecular weight excluding hydrogens is 399 g/mol. The van der Waals surface area contributed by atoms with Crippen molar-refractivity contribution in [2.24, 2.45) is 5.92 Å². The van der Waals surface area contributed by atoms with Crippen LogP contribution in [0.15, 0.2) is 72.8 Å². The molecule has 2 aliphatic rings. The van der Waals surface area contributed by atoms with Crippen LogP contribution in [0.1, 0.15) is 28.8 Å². The number of aromatic nitrogens is 1. The first kappa shape index (κ1) is 19.6. The van der Waals surface area contributed by atoms with Gasteiger partial charge >= 0.3 is 0 Å². The fourth-order valence-electron chi connectivity index (χ4n) is 6.18. The first-order valence-corrected chi connectivity index (χ1v) is 11.5. The smallest absolute Gasteiger partial charge is 0.132 e. The van der Waals surface area contributed by atoms with Gasteiger partial charge in [0.15, 0.2) is 0 Å². The molecule has 2 N–H and O–H groups in total. The highest BCUT2D eigenvalue weighted by Crippen LogP contribution is 2.49. The lowest BCUT2D eigenvalue weighted by molar-refractivity contribution is 0.0764. The Morgan fingerprint density at radius 2 is 1.88 bits per heavy atom. The van der Waals surface area contributed by atoms with Gasteiger partial charge in [0, 0.05) is 35.1 Å². The molecule has 3 aromatic carbocycles. The minimum atomic E-state index is -0.137. The fraction of sp³-hybridized carbons (Fsp3) is 0.286. The number of fused-ring (bicyclic) bond motifs is 4. The number of nitrogens with one attached hydrogen (secondary N) is 1. The molecule has 4 aromatic rings. The fourth-order valence-corrected chi connectivity index (χ4v) is 6.18. The number of halogens is 1. The van der Waals surface area contributed by atoms with Crippen molar-refractivity contribution in [3.63, 3.8) is 0 Å². The lowest BCUT2D eigenvalue weighted by Crippen LogP contribution is -2.53. The molecule has 162 valence electrons. The number of aromatic amines is 1. The van der Waals surface area contributed by atoms with Crippen LogP contribution < -0.4 is 0 Å². The summed E-state index contributed by atoms with van der Waals surface area (Å²) in [5.41, 5.74) is 5.65. The van der Waals surface area contributed by atoms with E-state index in [4.69, 9.17) is 0 Å². The van der Waals surface area contributed by atoms with Gasteiger partial charge in [-0.25, -0.2) is 4.39 Å². The third kappa shape index (κ3) is 3.13. The van der Waals surface area contributed by atoms with Crippen LogP contribution in [-0.4, -0.2) is 28.1 Å². The van der Waals surface area contributed by atoms with Gasteiger partial charge in [0.25, 0.3) is 0 Å². The molecule has 0 spiro atoms. The van der Waals surface area contributed by atoms with Crippen LogP contribution in [0.2, 0.25) is 0 Å². The van der Waals surface area contributed by atoms with Crippen molar-refractivity contribution < 1.29 is 9.50 Å². The highest BCUT2D eigenvalue weighted by atomic mass is 19.1. The van der Waals surface area contributed by atoms with E-state index in [1.807, 2.05) is 18.2 Å². The summed E-state index contributed by atoms with van der Waals surface area (Å²) < 4.78 is 14.8. The van der Waals surface area contributed by atoms with E-state index in [2.05, 4.69) is 46.3 Å². The number of benzene rings is 3. The van der Waals surface area contributed by atoms with Crippen LogP contribution in [-0.2, 0) is 24.8 Å². The number of aromatic hydroxyl groups is 1. The second-order valence-corrected chi connectivity index (χ2v) is 9.50. The maximum atomic E-state index is 14.8. The molecule has 2 unspecified atom stereocenters. The van der Waals surface area contributed by atoms with Crippen LogP contribution in [0.5, 0.6) is 5.75 Å². The van der Waals surface area contributed by atoms with Gasteiger partial charge in [-0.3, -0.25) is 4.90 Å². The number of piperidine rings is 1. The Hall–Kier alpha value is -3.11. The largest absolute Gasteiger partial charge is 0.508 e. The van der Waals surface area contributed by atoms with Gasteiger partial charge in [0.2, 0.25) is 0 Å². The van der Waals surface area contributed by atoms with E-state index in [-0.39, 0.29) is 11.2 Å². The topological polar surface area (TPSA) is 39.3 Å². The highest BCUT2D eigenvalue weighted by Gasteiger charge is 2.48. The maximum Gasteiger partial charge on any atom is 0.132 e. The van der Waals surface area contributed by atoms with Gasteiger partial charge in [-0.1, -0.05) is 48.5 Å². The number of hydrogen-bond acceptors (Lipinski definition) is 2. The summed E-state index contributed by atoms with van der Waals surface area (Å²) in [5, 5.41) is 11.0. The van der Waals surface area contributed by atoms with E-state index < -0.39 is 0 Å². The van der Waals surface area contributed by atoms with Crippen LogP contribution in [0, 0.1) is 11.7 Å². The van der Waals surface area contributed by atoms with Gasteiger partial charge in [0.05, 0.1) is 0 Å². The number of phenolic OH excluding ortho intramolecular Hbond substituents is 1. The Morgan fingerprint density at radius 1 is 1.03 bits per heavy atom. The van der Waals surface area contributed by atoms with Crippen LogP contribution in [0.25, 0.3) is 10.9 Å². The average Bonchev–Trinajstić information content (AvgIpc) is 3.16. The molecule has 2 heterocycles. The van der Waals surface area contributed by atoms with Crippen molar-refractivity contribution in [2.75, 3.05) is 13.1 Å². The zero-order valence-corrected chi connectivity index (χ0v) is 18.0. The Bertz CT molecular complexity index is 1280. The number of nitrogens with zero attached hydrogens (tertiary/aromatic N) is 1. The normalized spacial score (nSPS) is 23.1. The van der Waals surface area contributed by atoms with E-state index in [0.717, 1.165) is 61.1 Å². The van der Waals surface area contributed by atoms with Crippen molar-refractivity contribution >= 4 is 10.9 Å². The summed E-state index contributed by atoms with van der Waals surface area (Å²) in [7, 11) is 0. The van der Waals surface area contributed by atoms with Crippen molar-refractivity contribution in [3.8, 4) is 5.75 Å². The van der Waals surface area contributed by atoms with Gasteiger partial charge in [-0.15, -0.1) is 0 Å². The molecule has 0 amide bonds. The van der Waals surface area contributed by atoms with Crippen LogP contribution in [0.4, 0.5) is 4.39 Å². The zero-order valence-electron chi connectivity index (χ0n) is 18.0. The van der Waals surface area contributed by atoms with Crippen LogP contribution >= 0.6 is 0 Å². The number of rotatable bonds is 3. The molecule has 4 heteroatoms. The van der Waals surface area contributed by atoms with Gasteiger partial charge in [-0.2, -0.15) is 0 Å². The Balaban J connectivity index is 1.42. The standard InChI is InChI=1S/C28H27FN2O/c29-24-10-5-11-25-27(24)23-15-21-18-31(17-19-6-2-1-3-7-19)13-12-28(21,16-26(23)30-25)20-8-4-9-22(32)14-20/h1-11,14,21,30,32H,12-13,15-18H2. The predicted octanol–water partition coefficient (Wildman–Crippen LogP) is 5.57. The molecule has 0 saturated carbocycles. The Labute approximate surface area is 187 Å². The van der Waals surface area contributed by atoms with E-state index >= 15 is 0 Å². The zero-order chi connectivity index (χ0) is 21.7. The molecule has 32 heavy (non-hydrogen) atoms. The monoisotopic (exact) mass is 426 g/mol. The molecule has 3 nitrogen and oxygen atoms in total. The minimum Gasteiger partial charge on any atom is -0.508 e. The van der Waals surface area contributed by atoms with E-state index in [9.17, 15) is 9.50 Å². The third-order valence-electron chi connectivity index (χ3n) is 7.71. The first-order chi connectivity index (χ1) is 15.6. The maximum absolute atomic E-state index is 14.8. The summed E-state index contributed by atoms with van der Waals surface area (Å²) >= 11 is 0. The summed E-state index contributed by atoms with van der Waals surface area (Å²) in [4.78, 5) is 6.07. The third-order valence-corrected chi connectivity index (χ3v) is 7.71. The SMILES string of the molecule is Oc1cccc(C23CCN(Cc4ccccc4)CC2Cc2c([nH]c4cccc(F)c24)C3)c1. The molecule has 6 rings (SSSR count). The molecule has 1 aliphatic heterocycles. The molecule has 0 radical (unpaired) electrons.